The second-order valence-corrected chi connectivity index (χ2v) is 7.04. The molecule has 136 valence electrons. The fourth-order valence-electron chi connectivity index (χ4n) is 3.32. The summed E-state index contributed by atoms with van der Waals surface area (Å²) in [6, 6.07) is 11.2. The van der Waals surface area contributed by atoms with Crippen molar-refractivity contribution < 1.29 is 9.59 Å². The summed E-state index contributed by atoms with van der Waals surface area (Å²) < 4.78 is 0. The number of hydrogen-bond donors (Lipinski definition) is 1. The second-order valence-electron chi connectivity index (χ2n) is 7.04. The summed E-state index contributed by atoms with van der Waals surface area (Å²) >= 11 is 0. The van der Waals surface area contributed by atoms with Crippen molar-refractivity contribution in [1.82, 2.24) is 15.2 Å². The fraction of sp³-hybridized carbons (Fsp3) is 0.381. The zero-order chi connectivity index (χ0) is 18.5. The third-order valence-electron chi connectivity index (χ3n) is 4.88. The molecule has 1 unspecified atom stereocenters. The van der Waals surface area contributed by atoms with Gasteiger partial charge in [0, 0.05) is 31.4 Å². The van der Waals surface area contributed by atoms with Gasteiger partial charge in [-0.1, -0.05) is 31.2 Å². The van der Waals surface area contributed by atoms with E-state index in [1.54, 1.807) is 12.1 Å². The molecule has 1 saturated heterocycles. The number of carbonyl (C=O) groups is 2. The Morgan fingerprint density at radius 1 is 1.27 bits per heavy atom. The summed E-state index contributed by atoms with van der Waals surface area (Å²) in [6.07, 6.45) is 3.72. The standard InChI is InChI=1S/C21H25N3O2/c1-15-6-5-11-24(14-15)21(26)17-9-10-22-19(12-17)20(25)23-13-18-8-4-3-7-16(18)2/h3-4,7-10,12,15H,5-6,11,13-14H2,1-2H3,(H,23,25). The average Bonchev–Trinajstić information content (AvgIpc) is 2.66. The van der Waals surface area contributed by atoms with Crippen LogP contribution in [0.2, 0.25) is 0 Å². The van der Waals surface area contributed by atoms with Gasteiger partial charge in [-0.2, -0.15) is 0 Å². The summed E-state index contributed by atoms with van der Waals surface area (Å²) in [7, 11) is 0. The Labute approximate surface area is 154 Å². The number of carbonyl (C=O) groups excluding carboxylic acids is 2. The van der Waals surface area contributed by atoms with Crippen molar-refractivity contribution in [2.24, 2.45) is 5.92 Å². The number of rotatable bonds is 4. The minimum atomic E-state index is -0.269. The van der Waals surface area contributed by atoms with Crippen LogP contribution in [0.15, 0.2) is 42.6 Å². The molecule has 2 amide bonds. The molecule has 1 aromatic heterocycles. The Balaban J connectivity index is 1.67. The van der Waals surface area contributed by atoms with E-state index in [-0.39, 0.29) is 17.5 Å². The SMILES string of the molecule is Cc1ccccc1CNC(=O)c1cc(C(=O)N2CCCC(C)C2)ccn1. The van der Waals surface area contributed by atoms with Crippen molar-refractivity contribution in [2.45, 2.75) is 33.2 Å². The Bertz CT molecular complexity index is 803. The van der Waals surface area contributed by atoms with Crippen LogP contribution in [0.25, 0.3) is 0 Å². The van der Waals surface area contributed by atoms with Gasteiger partial charge < -0.3 is 10.2 Å². The number of amides is 2. The van der Waals surface area contributed by atoms with Crippen molar-refractivity contribution in [3.63, 3.8) is 0 Å². The summed E-state index contributed by atoms with van der Waals surface area (Å²) in [6.45, 7) is 6.17. The number of nitrogens with one attached hydrogen (secondary N) is 1. The van der Waals surface area contributed by atoms with Gasteiger partial charge >= 0.3 is 0 Å². The van der Waals surface area contributed by atoms with Crippen LogP contribution >= 0.6 is 0 Å². The summed E-state index contributed by atoms with van der Waals surface area (Å²) in [5.41, 5.74) is 2.99. The molecular weight excluding hydrogens is 326 g/mol. The molecule has 5 heteroatoms. The van der Waals surface area contributed by atoms with Crippen LogP contribution in [0.3, 0.4) is 0 Å². The molecule has 1 aromatic carbocycles. The van der Waals surface area contributed by atoms with Gasteiger partial charge in [-0.05, 0) is 48.9 Å². The topological polar surface area (TPSA) is 62.3 Å². The third kappa shape index (κ3) is 4.28. The van der Waals surface area contributed by atoms with Crippen LogP contribution < -0.4 is 5.32 Å². The van der Waals surface area contributed by atoms with E-state index in [9.17, 15) is 9.59 Å². The maximum Gasteiger partial charge on any atom is 0.270 e. The molecule has 0 radical (unpaired) electrons. The molecule has 2 aromatic rings. The highest BCUT2D eigenvalue weighted by atomic mass is 16.2. The van der Waals surface area contributed by atoms with Gasteiger partial charge in [0.15, 0.2) is 0 Å². The lowest BCUT2D eigenvalue weighted by atomic mass is 9.99. The van der Waals surface area contributed by atoms with Gasteiger partial charge in [0.25, 0.3) is 11.8 Å². The van der Waals surface area contributed by atoms with Gasteiger partial charge in [-0.15, -0.1) is 0 Å². The number of aryl methyl sites for hydroxylation is 1. The van der Waals surface area contributed by atoms with Gasteiger partial charge in [0.1, 0.15) is 5.69 Å². The molecule has 1 aliphatic heterocycles. The monoisotopic (exact) mass is 351 g/mol. The van der Waals surface area contributed by atoms with Gasteiger partial charge in [0.2, 0.25) is 0 Å². The number of nitrogens with zero attached hydrogens (tertiary/aromatic N) is 2. The van der Waals surface area contributed by atoms with E-state index in [1.165, 1.54) is 6.20 Å². The highest BCUT2D eigenvalue weighted by Crippen LogP contribution is 2.18. The Morgan fingerprint density at radius 3 is 2.85 bits per heavy atom. The van der Waals surface area contributed by atoms with E-state index in [0.717, 1.165) is 37.1 Å². The Morgan fingerprint density at radius 2 is 2.08 bits per heavy atom. The molecule has 1 N–H and O–H groups in total. The van der Waals surface area contributed by atoms with E-state index in [2.05, 4.69) is 17.2 Å². The molecule has 2 heterocycles. The molecule has 0 spiro atoms. The molecule has 1 atom stereocenters. The van der Waals surface area contributed by atoms with E-state index in [0.29, 0.717) is 18.0 Å². The number of hydrogen-bond acceptors (Lipinski definition) is 3. The third-order valence-corrected chi connectivity index (χ3v) is 4.88. The van der Waals surface area contributed by atoms with E-state index < -0.39 is 0 Å². The molecule has 1 aliphatic rings. The van der Waals surface area contributed by atoms with Crippen LogP contribution in [0.1, 0.15) is 51.7 Å². The van der Waals surface area contributed by atoms with E-state index in [4.69, 9.17) is 0 Å². The zero-order valence-electron chi connectivity index (χ0n) is 15.4. The number of aromatic nitrogens is 1. The van der Waals surface area contributed by atoms with Gasteiger partial charge in [0.05, 0.1) is 0 Å². The average molecular weight is 351 g/mol. The lowest BCUT2D eigenvalue weighted by molar-refractivity contribution is 0.0683. The van der Waals surface area contributed by atoms with Crippen LogP contribution in [-0.4, -0.2) is 34.8 Å². The predicted octanol–water partition coefficient (Wildman–Crippen LogP) is 3.19. The van der Waals surface area contributed by atoms with Crippen LogP contribution in [-0.2, 0) is 6.54 Å². The van der Waals surface area contributed by atoms with Crippen molar-refractivity contribution >= 4 is 11.8 Å². The minimum Gasteiger partial charge on any atom is -0.347 e. The summed E-state index contributed by atoms with van der Waals surface area (Å²) in [5, 5.41) is 2.88. The molecule has 0 aliphatic carbocycles. The lowest BCUT2D eigenvalue weighted by Gasteiger charge is -2.31. The van der Waals surface area contributed by atoms with Crippen molar-refractivity contribution in [3.8, 4) is 0 Å². The maximum atomic E-state index is 12.7. The Hall–Kier alpha value is -2.69. The van der Waals surface area contributed by atoms with Crippen LogP contribution in [0.5, 0.6) is 0 Å². The van der Waals surface area contributed by atoms with Crippen LogP contribution in [0.4, 0.5) is 0 Å². The smallest absolute Gasteiger partial charge is 0.270 e. The molecular formula is C21H25N3O2. The first-order valence-electron chi connectivity index (χ1n) is 9.12. The summed E-state index contributed by atoms with van der Waals surface area (Å²) in [5.74, 6) is 0.230. The highest BCUT2D eigenvalue weighted by Gasteiger charge is 2.22. The first kappa shape index (κ1) is 18.1. The van der Waals surface area contributed by atoms with E-state index in [1.807, 2.05) is 36.1 Å². The molecule has 0 saturated carbocycles. The van der Waals surface area contributed by atoms with Crippen molar-refractivity contribution in [2.75, 3.05) is 13.1 Å². The highest BCUT2D eigenvalue weighted by molar-refractivity contribution is 5.98. The van der Waals surface area contributed by atoms with Gasteiger partial charge in [-0.3, -0.25) is 14.6 Å². The quantitative estimate of drug-likeness (QED) is 0.920. The second kappa shape index (κ2) is 8.13. The molecule has 3 rings (SSSR count). The Kier molecular flexibility index (Phi) is 5.66. The zero-order valence-corrected chi connectivity index (χ0v) is 15.4. The van der Waals surface area contributed by atoms with Gasteiger partial charge in [-0.25, -0.2) is 0 Å². The molecule has 26 heavy (non-hydrogen) atoms. The minimum absolute atomic E-state index is 0.0214. The predicted molar refractivity (Wildman–Crippen MR) is 101 cm³/mol. The first-order valence-corrected chi connectivity index (χ1v) is 9.12. The molecule has 0 bridgehead atoms. The molecule has 5 nitrogen and oxygen atoms in total. The van der Waals surface area contributed by atoms with Crippen LogP contribution in [0, 0.1) is 12.8 Å². The largest absolute Gasteiger partial charge is 0.347 e. The normalized spacial score (nSPS) is 17.0. The van der Waals surface area contributed by atoms with E-state index >= 15 is 0 Å². The number of piperidine rings is 1. The number of benzene rings is 1. The maximum absolute atomic E-state index is 12.7. The lowest BCUT2D eigenvalue weighted by Crippen LogP contribution is -2.39. The first-order chi connectivity index (χ1) is 12.5. The van der Waals surface area contributed by atoms with Crippen molar-refractivity contribution in [1.29, 1.82) is 0 Å². The fourth-order valence-corrected chi connectivity index (χ4v) is 3.32. The summed E-state index contributed by atoms with van der Waals surface area (Å²) in [4.78, 5) is 31.2. The number of likely N-dealkylation sites (tertiary alicyclic amines) is 1. The van der Waals surface area contributed by atoms with Crippen molar-refractivity contribution in [3.05, 3.63) is 65.0 Å². The number of pyridine rings is 1. The molecule has 1 fully saturated rings.